The Balaban J connectivity index is 1.57. The highest BCUT2D eigenvalue weighted by atomic mass is 16.6. The molecular weight excluding hydrogens is 348 g/mol. The molecule has 1 aliphatic heterocycles. The fraction of sp³-hybridized carbons (Fsp3) is 0.350. The van der Waals surface area contributed by atoms with Gasteiger partial charge in [0, 0.05) is 25.2 Å². The molecule has 0 radical (unpaired) electrons. The van der Waals surface area contributed by atoms with Crippen molar-refractivity contribution in [2.45, 2.75) is 19.6 Å². The number of nitrogens with zero attached hydrogens (tertiary/aromatic N) is 2. The third-order valence-electron chi connectivity index (χ3n) is 4.51. The maximum atomic E-state index is 12.3. The summed E-state index contributed by atoms with van der Waals surface area (Å²) in [5.74, 6) is -0.700. The minimum absolute atomic E-state index is 0.0306. The molecule has 0 spiro atoms. The number of hydrogen-bond donors (Lipinski definition) is 0. The second kappa shape index (κ2) is 8.75. The SMILES string of the molecule is Cc1cccc(C(=O)OCC2CN(Cc3ccccc3)CCO2)c1[N+](=O)[O-]. The van der Waals surface area contributed by atoms with E-state index in [1.54, 1.807) is 19.1 Å². The second-order valence-corrected chi connectivity index (χ2v) is 6.54. The van der Waals surface area contributed by atoms with Crippen LogP contribution in [0, 0.1) is 17.0 Å². The van der Waals surface area contributed by atoms with Gasteiger partial charge in [0.2, 0.25) is 0 Å². The Kier molecular flexibility index (Phi) is 6.16. The molecule has 1 aliphatic rings. The molecular formula is C20H22N2O5. The van der Waals surface area contributed by atoms with Gasteiger partial charge in [-0.05, 0) is 18.6 Å². The van der Waals surface area contributed by atoms with Crippen molar-refractivity contribution in [2.75, 3.05) is 26.3 Å². The summed E-state index contributed by atoms with van der Waals surface area (Å²) in [5, 5.41) is 11.2. The third-order valence-corrected chi connectivity index (χ3v) is 4.51. The number of carbonyl (C=O) groups is 1. The number of aryl methyl sites for hydroxylation is 1. The average Bonchev–Trinajstić information content (AvgIpc) is 2.66. The molecule has 0 aromatic heterocycles. The molecule has 0 bridgehead atoms. The van der Waals surface area contributed by atoms with Crippen LogP contribution in [0.4, 0.5) is 5.69 Å². The van der Waals surface area contributed by atoms with Crippen molar-refractivity contribution in [3.63, 3.8) is 0 Å². The summed E-state index contributed by atoms with van der Waals surface area (Å²) < 4.78 is 11.0. The second-order valence-electron chi connectivity index (χ2n) is 6.54. The summed E-state index contributed by atoms with van der Waals surface area (Å²) in [6.07, 6.45) is -0.254. The lowest BCUT2D eigenvalue weighted by Crippen LogP contribution is -2.44. The Hall–Kier alpha value is -2.77. The van der Waals surface area contributed by atoms with E-state index in [0.29, 0.717) is 18.7 Å². The number of carbonyl (C=O) groups excluding carboxylic acids is 1. The van der Waals surface area contributed by atoms with Crippen molar-refractivity contribution in [2.24, 2.45) is 0 Å². The quantitative estimate of drug-likeness (QED) is 0.442. The molecule has 0 saturated carbocycles. The Bertz CT molecular complexity index is 809. The van der Waals surface area contributed by atoms with Gasteiger partial charge in [0.15, 0.2) is 0 Å². The van der Waals surface area contributed by atoms with Crippen molar-refractivity contribution < 1.29 is 19.2 Å². The molecule has 1 unspecified atom stereocenters. The fourth-order valence-electron chi connectivity index (χ4n) is 3.18. The summed E-state index contributed by atoms with van der Waals surface area (Å²) in [4.78, 5) is 25.3. The van der Waals surface area contributed by atoms with E-state index in [4.69, 9.17) is 9.47 Å². The molecule has 2 aromatic carbocycles. The monoisotopic (exact) mass is 370 g/mol. The highest BCUT2D eigenvalue weighted by Gasteiger charge is 2.26. The summed E-state index contributed by atoms with van der Waals surface area (Å²) in [6, 6.07) is 14.8. The minimum Gasteiger partial charge on any atom is -0.459 e. The summed E-state index contributed by atoms with van der Waals surface area (Å²) in [7, 11) is 0. The van der Waals surface area contributed by atoms with Crippen molar-refractivity contribution in [3.05, 3.63) is 75.3 Å². The molecule has 0 amide bonds. The van der Waals surface area contributed by atoms with Crippen LogP contribution in [0.15, 0.2) is 48.5 Å². The molecule has 7 heteroatoms. The molecule has 7 nitrogen and oxygen atoms in total. The van der Waals surface area contributed by atoms with Crippen LogP contribution >= 0.6 is 0 Å². The van der Waals surface area contributed by atoms with E-state index in [9.17, 15) is 14.9 Å². The third kappa shape index (κ3) is 4.90. The zero-order chi connectivity index (χ0) is 19.2. The zero-order valence-electron chi connectivity index (χ0n) is 15.2. The van der Waals surface area contributed by atoms with Crippen molar-refractivity contribution >= 4 is 11.7 Å². The maximum absolute atomic E-state index is 12.3. The van der Waals surface area contributed by atoms with Crippen molar-refractivity contribution in [3.8, 4) is 0 Å². The van der Waals surface area contributed by atoms with Gasteiger partial charge in [-0.25, -0.2) is 4.79 Å². The standard InChI is InChI=1S/C20H22N2O5/c1-15-6-5-9-18(19(15)22(24)25)20(23)27-14-17-13-21(10-11-26-17)12-16-7-3-2-4-8-16/h2-9,17H,10-14H2,1H3. The number of nitro benzene ring substituents is 1. The van der Waals surface area contributed by atoms with Gasteiger partial charge >= 0.3 is 5.97 Å². The van der Waals surface area contributed by atoms with E-state index in [1.165, 1.54) is 11.6 Å². The van der Waals surface area contributed by atoms with Crippen LogP contribution in [0.5, 0.6) is 0 Å². The molecule has 1 atom stereocenters. The van der Waals surface area contributed by atoms with Gasteiger partial charge in [-0.3, -0.25) is 15.0 Å². The minimum atomic E-state index is -0.700. The molecule has 3 rings (SSSR count). The van der Waals surface area contributed by atoms with E-state index >= 15 is 0 Å². The number of rotatable bonds is 6. The lowest BCUT2D eigenvalue weighted by atomic mass is 10.1. The van der Waals surface area contributed by atoms with Crippen LogP contribution in [0.1, 0.15) is 21.5 Å². The number of morpholine rings is 1. The van der Waals surface area contributed by atoms with Gasteiger partial charge in [-0.1, -0.05) is 42.5 Å². The Morgan fingerprint density at radius 2 is 2.04 bits per heavy atom. The number of benzene rings is 2. The predicted octanol–water partition coefficient (Wildman–Crippen LogP) is 2.96. The van der Waals surface area contributed by atoms with Crippen LogP contribution in [-0.4, -0.2) is 48.2 Å². The van der Waals surface area contributed by atoms with Crippen LogP contribution in [0.3, 0.4) is 0 Å². The number of para-hydroxylation sites is 1. The normalized spacial score (nSPS) is 17.4. The Labute approximate surface area is 157 Å². The van der Waals surface area contributed by atoms with Gasteiger partial charge in [-0.15, -0.1) is 0 Å². The molecule has 1 heterocycles. The van der Waals surface area contributed by atoms with Crippen LogP contribution in [0.25, 0.3) is 0 Å². The average molecular weight is 370 g/mol. The van der Waals surface area contributed by atoms with E-state index in [1.807, 2.05) is 18.2 Å². The first-order valence-electron chi connectivity index (χ1n) is 8.83. The topological polar surface area (TPSA) is 81.9 Å². The number of esters is 1. The van der Waals surface area contributed by atoms with Crippen LogP contribution < -0.4 is 0 Å². The predicted molar refractivity (Wildman–Crippen MR) is 99.6 cm³/mol. The van der Waals surface area contributed by atoms with Crippen LogP contribution in [-0.2, 0) is 16.0 Å². The van der Waals surface area contributed by atoms with E-state index < -0.39 is 10.9 Å². The fourth-order valence-corrected chi connectivity index (χ4v) is 3.18. The lowest BCUT2D eigenvalue weighted by Gasteiger charge is -2.32. The lowest BCUT2D eigenvalue weighted by molar-refractivity contribution is -0.385. The Morgan fingerprint density at radius 1 is 1.26 bits per heavy atom. The van der Waals surface area contributed by atoms with Crippen molar-refractivity contribution in [1.82, 2.24) is 4.90 Å². The van der Waals surface area contributed by atoms with E-state index in [-0.39, 0.29) is 24.0 Å². The van der Waals surface area contributed by atoms with E-state index in [2.05, 4.69) is 17.0 Å². The first kappa shape index (κ1) is 19.0. The molecule has 1 fully saturated rings. The highest BCUT2D eigenvalue weighted by molar-refractivity contribution is 5.94. The van der Waals surface area contributed by atoms with E-state index in [0.717, 1.165) is 13.1 Å². The van der Waals surface area contributed by atoms with Gasteiger partial charge in [0.25, 0.3) is 5.69 Å². The molecule has 27 heavy (non-hydrogen) atoms. The smallest absolute Gasteiger partial charge is 0.345 e. The number of nitro groups is 1. The molecule has 2 aromatic rings. The van der Waals surface area contributed by atoms with Gasteiger partial charge in [-0.2, -0.15) is 0 Å². The maximum Gasteiger partial charge on any atom is 0.345 e. The largest absolute Gasteiger partial charge is 0.459 e. The summed E-state index contributed by atoms with van der Waals surface area (Å²) in [6.45, 7) is 4.47. The zero-order valence-corrected chi connectivity index (χ0v) is 15.2. The molecule has 0 aliphatic carbocycles. The number of ether oxygens (including phenoxy) is 2. The first-order chi connectivity index (χ1) is 13.0. The summed E-state index contributed by atoms with van der Waals surface area (Å²) in [5.41, 5.74) is 1.40. The van der Waals surface area contributed by atoms with Crippen molar-refractivity contribution in [1.29, 1.82) is 0 Å². The van der Waals surface area contributed by atoms with Gasteiger partial charge in [0.05, 0.1) is 11.5 Å². The van der Waals surface area contributed by atoms with Gasteiger partial charge < -0.3 is 9.47 Å². The molecule has 0 N–H and O–H groups in total. The number of hydrogen-bond acceptors (Lipinski definition) is 6. The van der Waals surface area contributed by atoms with Gasteiger partial charge in [0.1, 0.15) is 18.3 Å². The molecule has 142 valence electrons. The molecule has 1 saturated heterocycles. The first-order valence-corrected chi connectivity index (χ1v) is 8.83. The van der Waals surface area contributed by atoms with Crippen LogP contribution in [0.2, 0.25) is 0 Å². The highest BCUT2D eigenvalue weighted by Crippen LogP contribution is 2.24. The Morgan fingerprint density at radius 3 is 2.78 bits per heavy atom. The summed E-state index contributed by atoms with van der Waals surface area (Å²) >= 11 is 0.